The SMILES string of the molecule is C=CC(=O)OCCCc1ccccc1-c1ccccc1. The van der Waals surface area contributed by atoms with Crippen molar-refractivity contribution in [2.75, 3.05) is 6.61 Å². The predicted octanol–water partition coefficient (Wildman–Crippen LogP) is 4.02. The second-order valence-electron chi connectivity index (χ2n) is 4.50. The summed E-state index contributed by atoms with van der Waals surface area (Å²) in [6.07, 6.45) is 2.89. The van der Waals surface area contributed by atoms with Crippen molar-refractivity contribution in [3.8, 4) is 11.1 Å². The fourth-order valence-electron chi connectivity index (χ4n) is 2.13. The van der Waals surface area contributed by atoms with Crippen LogP contribution < -0.4 is 0 Å². The monoisotopic (exact) mass is 266 g/mol. The molecule has 0 saturated heterocycles. The number of rotatable bonds is 6. The first-order valence-electron chi connectivity index (χ1n) is 6.74. The molecular formula is C18H18O2. The van der Waals surface area contributed by atoms with E-state index in [1.807, 2.05) is 30.3 Å². The molecule has 0 aliphatic rings. The average molecular weight is 266 g/mol. The third kappa shape index (κ3) is 3.82. The Bertz CT molecular complexity index is 573. The van der Waals surface area contributed by atoms with Crippen LogP contribution in [0.1, 0.15) is 12.0 Å². The minimum Gasteiger partial charge on any atom is -0.463 e. The lowest BCUT2D eigenvalue weighted by Crippen LogP contribution is -2.03. The Labute approximate surface area is 119 Å². The van der Waals surface area contributed by atoms with Gasteiger partial charge in [-0.3, -0.25) is 0 Å². The Kier molecular flexibility index (Phi) is 5.13. The van der Waals surface area contributed by atoms with E-state index >= 15 is 0 Å². The minimum absolute atomic E-state index is 0.360. The largest absolute Gasteiger partial charge is 0.463 e. The van der Waals surface area contributed by atoms with E-state index in [0.717, 1.165) is 12.8 Å². The number of aryl methyl sites for hydroxylation is 1. The summed E-state index contributed by atoms with van der Waals surface area (Å²) in [4.78, 5) is 11.0. The van der Waals surface area contributed by atoms with Crippen LogP contribution in [0, 0.1) is 0 Å². The first kappa shape index (κ1) is 14.1. The van der Waals surface area contributed by atoms with Gasteiger partial charge >= 0.3 is 5.97 Å². The normalized spacial score (nSPS) is 10.0. The van der Waals surface area contributed by atoms with Crippen LogP contribution in [0.2, 0.25) is 0 Å². The van der Waals surface area contributed by atoms with Crippen molar-refractivity contribution >= 4 is 5.97 Å². The van der Waals surface area contributed by atoms with Gasteiger partial charge in [0.1, 0.15) is 0 Å². The van der Waals surface area contributed by atoms with Gasteiger partial charge in [0, 0.05) is 6.08 Å². The number of benzene rings is 2. The predicted molar refractivity (Wildman–Crippen MR) is 81.4 cm³/mol. The molecule has 0 bridgehead atoms. The zero-order valence-electron chi connectivity index (χ0n) is 11.4. The van der Waals surface area contributed by atoms with Gasteiger partial charge in [-0.05, 0) is 29.5 Å². The van der Waals surface area contributed by atoms with E-state index in [-0.39, 0.29) is 5.97 Å². The Hall–Kier alpha value is -2.35. The highest BCUT2D eigenvalue weighted by Gasteiger charge is 2.04. The Morgan fingerprint density at radius 3 is 2.50 bits per heavy atom. The molecule has 2 rings (SSSR count). The fraction of sp³-hybridized carbons (Fsp3) is 0.167. The molecule has 2 aromatic rings. The first-order chi connectivity index (χ1) is 9.81. The molecule has 0 unspecified atom stereocenters. The second kappa shape index (κ2) is 7.29. The summed E-state index contributed by atoms with van der Waals surface area (Å²) < 4.78 is 5.00. The second-order valence-corrected chi connectivity index (χ2v) is 4.50. The van der Waals surface area contributed by atoms with Crippen molar-refractivity contribution in [1.29, 1.82) is 0 Å². The van der Waals surface area contributed by atoms with Gasteiger partial charge in [-0.15, -0.1) is 0 Å². The molecule has 2 nitrogen and oxygen atoms in total. The van der Waals surface area contributed by atoms with Crippen LogP contribution >= 0.6 is 0 Å². The molecule has 0 N–H and O–H groups in total. The molecular weight excluding hydrogens is 248 g/mol. The number of esters is 1. The van der Waals surface area contributed by atoms with Crippen molar-refractivity contribution in [1.82, 2.24) is 0 Å². The molecule has 2 heteroatoms. The zero-order chi connectivity index (χ0) is 14.2. The number of carbonyl (C=O) groups excluding carboxylic acids is 1. The maximum Gasteiger partial charge on any atom is 0.330 e. The third-order valence-corrected chi connectivity index (χ3v) is 3.10. The lowest BCUT2D eigenvalue weighted by molar-refractivity contribution is -0.137. The minimum atomic E-state index is -0.360. The molecule has 102 valence electrons. The average Bonchev–Trinajstić information content (AvgIpc) is 2.52. The van der Waals surface area contributed by atoms with E-state index in [0.29, 0.717) is 6.61 Å². The van der Waals surface area contributed by atoms with Gasteiger partial charge < -0.3 is 4.74 Å². The van der Waals surface area contributed by atoms with Gasteiger partial charge in [-0.2, -0.15) is 0 Å². The Morgan fingerprint density at radius 2 is 1.75 bits per heavy atom. The maximum atomic E-state index is 11.0. The smallest absolute Gasteiger partial charge is 0.330 e. The van der Waals surface area contributed by atoms with E-state index in [9.17, 15) is 4.79 Å². The van der Waals surface area contributed by atoms with Gasteiger partial charge in [-0.25, -0.2) is 4.79 Å². The van der Waals surface area contributed by atoms with Crippen LogP contribution in [0.15, 0.2) is 67.3 Å². The summed E-state index contributed by atoms with van der Waals surface area (Å²) in [5.41, 5.74) is 3.72. The summed E-state index contributed by atoms with van der Waals surface area (Å²) >= 11 is 0. The van der Waals surface area contributed by atoms with Crippen molar-refractivity contribution in [3.05, 3.63) is 72.8 Å². The highest BCUT2D eigenvalue weighted by Crippen LogP contribution is 2.24. The van der Waals surface area contributed by atoms with E-state index in [2.05, 4.69) is 30.8 Å². The number of hydrogen-bond donors (Lipinski definition) is 0. The van der Waals surface area contributed by atoms with E-state index in [1.165, 1.54) is 22.8 Å². The standard InChI is InChI=1S/C18H18O2/c1-2-18(19)20-14-8-12-16-11-6-7-13-17(16)15-9-4-3-5-10-15/h2-7,9-11,13H,1,8,12,14H2. The van der Waals surface area contributed by atoms with Crippen molar-refractivity contribution in [2.45, 2.75) is 12.8 Å². The lowest BCUT2D eigenvalue weighted by Gasteiger charge is -2.09. The van der Waals surface area contributed by atoms with Crippen LogP contribution in [0.4, 0.5) is 0 Å². The quantitative estimate of drug-likeness (QED) is 0.448. The molecule has 0 atom stereocenters. The van der Waals surface area contributed by atoms with E-state index in [1.54, 1.807) is 0 Å². The third-order valence-electron chi connectivity index (χ3n) is 3.10. The van der Waals surface area contributed by atoms with Gasteiger partial charge in [0.05, 0.1) is 6.61 Å². The summed E-state index contributed by atoms with van der Waals surface area (Å²) in [5, 5.41) is 0. The molecule has 0 heterocycles. The molecule has 2 aromatic carbocycles. The Balaban J connectivity index is 2.02. The number of ether oxygens (including phenoxy) is 1. The highest BCUT2D eigenvalue weighted by molar-refractivity contribution is 5.81. The molecule has 0 radical (unpaired) electrons. The van der Waals surface area contributed by atoms with Gasteiger partial charge in [0.2, 0.25) is 0 Å². The topological polar surface area (TPSA) is 26.3 Å². The van der Waals surface area contributed by atoms with E-state index in [4.69, 9.17) is 4.74 Å². The lowest BCUT2D eigenvalue weighted by atomic mass is 9.97. The molecule has 0 aliphatic heterocycles. The molecule has 0 aromatic heterocycles. The number of carbonyl (C=O) groups is 1. The zero-order valence-corrected chi connectivity index (χ0v) is 11.4. The Morgan fingerprint density at radius 1 is 1.05 bits per heavy atom. The summed E-state index contributed by atoms with van der Waals surface area (Å²) in [6, 6.07) is 18.6. The molecule has 0 spiro atoms. The van der Waals surface area contributed by atoms with Gasteiger partial charge in [0.25, 0.3) is 0 Å². The van der Waals surface area contributed by atoms with Crippen LogP contribution in [0.25, 0.3) is 11.1 Å². The van der Waals surface area contributed by atoms with Crippen molar-refractivity contribution in [2.24, 2.45) is 0 Å². The van der Waals surface area contributed by atoms with Gasteiger partial charge in [-0.1, -0.05) is 61.2 Å². The summed E-state index contributed by atoms with van der Waals surface area (Å²) in [5.74, 6) is -0.360. The molecule has 0 amide bonds. The molecule has 0 saturated carbocycles. The van der Waals surface area contributed by atoms with Gasteiger partial charge in [0.15, 0.2) is 0 Å². The number of hydrogen-bond acceptors (Lipinski definition) is 2. The maximum absolute atomic E-state index is 11.0. The molecule has 0 aliphatic carbocycles. The van der Waals surface area contributed by atoms with Crippen LogP contribution in [-0.2, 0) is 16.0 Å². The molecule has 20 heavy (non-hydrogen) atoms. The van der Waals surface area contributed by atoms with Crippen molar-refractivity contribution in [3.63, 3.8) is 0 Å². The van der Waals surface area contributed by atoms with Crippen LogP contribution in [0.5, 0.6) is 0 Å². The van der Waals surface area contributed by atoms with Crippen LogP contribution in [-0.4, -0.2) is 12.6 Å². The first-order valence-corrected chi connectivity index (χ1v) is 6.74. The van der Waals surface area contributed by atoms with Crippen LogP contribution in [0.3, 0.4) is 0 Å². The summed E-state index contributed by atoms with van der Waals surface area (Å²) in [7, 11) is 0. The summed E-state index contributed by atoms with van der Waals surface area (Å²) in [6.45, 7) is 3.80. The fourth-order valence-corrected chi connectivity index (χ4v) is 2.13. The molecule has 0 fully saturated rings. The highest BCUT2D eigenvalue weighted by atomic mass is 16.5. The van der Waals surface area contributed by atoms with Crippen molar-refractivity contribution < 1.29 is 9.53 Å². The van der Waals surface area contributed by atoms with E-state index < -0.39 is 0 Å².